The molecule has 5 rings (SSSR count). The Hall–Kier alpha value is -4.21. The van der Waals surface area contributed by atoms with E-state index in [1.807, 2.05) is 31.2 Å². The SMILES string of the molecule is CC(C)N1c2cc(Nc3nccc(Nc4nn(C)c5cccc(F)c45)n3)ccc2N(C)C(=O)C1C. The Morgan fingerprint density at radius 1 is 1.06 bits per heavy atom. The Bertz CT molecular complexity index is 1430. The maximum absolute atomic E-state index is 14.5. The molecule has 1 atom stereocenters. The highest BCUT2D eigenvalue weighted by atomic mass is 19.1. The molecule has 3 heterocycles. The molecule has 1 aliphatic heterocycles. The first-order valence-electron chi connectivity index (χ1n) is 11.4. The number of aromatic nitrogens is 4. The first-order chi connectivity index (χ1) is 16.7. The van der Waals surface area contributed by atoms with Gasteiger partial charge in [-0.05, 0) is 57.2 Å². The first kappa shape index (κ1) is 22.6. The maximum Gasteiger partial charge on any atom is 0.249 e. The van der Waals surface area contributed by atoms with Crippen LogP contribution in [0, 0.1) is 5.82 Å². The van der Waals surface area contributed by atoms with Crippen molar-refractivity contribution in [3.05, 3.63) is 54.5 Å². The molecule has 10 heteroatoms. The fourth-order valence-corrected chi connectivity index (χ4v) is 4.64. The number of nitrogens with zero attached hydrogens (tertiary/aromatic N) is 6. The van der Waals surface area contributed by atoms with Gasteiger partial charge in [0.05, 0.1) is 22.3 Å². The summed E-state index contributed by atoms with van der Waals surface area (Å²) in [5.74, 6) is 0.944. The van der Waals surface area contributed by atoms with Crippen molar-refractivity contribution in [3.8, 4) is 0 Å². The molecule has 0 radical (unpaired) electrons. The normalized spacial score (nSPS) is 15.6. The van der Waals surface area contributed by atoms with Gasteiger partial charge in [0.1, 0.15) is 17.7 Å². The number of hydrogen-bond donors (Lipinski definition) is 2. The maximum atomic E-state index is 14.5. The summed E-state index contributed by atoms with van der Waals surface area (Å²) in [6, 6.07) is 12.3. The minimum atomic E-state index is -0.355. The van der Waals surface area contributed by atoms with E-state index < -0.39 is 0 Å². The Morgan fingerprint density at radius 3 is 2.63 bits per heavy atom. The first-order valence-corrected chi connectivity index (χ1v) is 11.4. The van der Waals surface area contributed by atoms with Gasteiger partial charge in [-0.25, -0.2) is 9.37 Å². The van der Waals surface area contributed by atoms with Crippen molar-refractivity contribution < 1.29 is 9.18 Å². The molecular weight excluding hydrogens is 447 g/mol. The second-order valence-electron chi connectivity index (χ2n) is 8.90. The summed E-state index contributed by atoms with van der Waals surface area (Å²) >= 11 is 0. The van der Waals surface area contributed by atoms with Crippen LogP contribution < -0.4 is 20.4 Å². The minimum absolute atomic E-state index is 0.0625. The van der Waals surface area contributed by atoms with E-state index in [2.05, 4.69) is 44.4 Å². The minimum Gasteiger partial charge on any atom is -0.356 e. The number of likely N-dealkylation sites (N-methyl/N-ethyl adjacent to an activating group) is 1. The Kier molecular flexibility index (Phi) is 5.50. The highest BCUT2D eigenvalue weighted by molar-refractivity contribution is 6.05. The van der Waals surface area contributed by atoms with Crippen LogP contribution in [0.25, 0.3) is 10.9 Å². The molecule has 0 fully saturated rings. The zero-order valence-corrected chi connectivity index (χ0v) is 20.2. The lowest BCUT2D eigenvalue weighted by molar-refractivity contribution is -0.119. The predicted octanol–water partition coefficient (Wildman–Crippen LogP) is 4.57. The zero-order valence-electron chi connectivity index (χ0n) is 20.2. The van der Waals surface area contributed by atoms with Gasteiger partial charge in [0.15, 0.2) is 5.82 Å². The van der Waals surface area contributed by atoms with E-state index in [9.17, 15) is 9.18 Å². The average Bonchev–Trinajstić information content (AvgIpc) is 3.14. The highest BCUT2D eigenvalue weighted by Crippen LogP contribution is 2.39. The molecule has 180 valence electrons. The third kappa shape index (κ3) is 3.90. The van der Waals surface area contributed by atoms with Crippen molar-refractivity contribution in [3.63, 3.8) is 0 Å². The number of aryl methyl sites for hydroxylation is 1. The van der Waals surface area contributed by atoms with Crippen LogP contribution in [0.3, 0.4) is 0 Å². The molecule has 1 unspecified atom stereocenters. The van der Waals surface area contributed by atoms with Crippen LogP contribution in [0.5, 0.6) is 0 Å². The van der Waals surface area contributed by atoms with Crippen molar-refractivity contribution in [1.29, 1.82) is 0 Å². The molecule has 35 heavy (non-hydrogen) atoms. The zero-order chi connectivity index (χ0) is 24.9. The molecule has 2 N–H and O–H groups in total. The molecule has 4 aromatic rings. The van der Waals surface area contributed by atoms with Crippen LogP contribution >= 0.6 is 0 Å². The molecule has 2 aromatic heterocycles. The van der Waals surface area contributed by atoms with E-state index >= 15 is 0 Å². The summed E-state index contributed by atoms with van der Waals surface area (Å²) in [5, 5.41) is 11.2. The number of amides is 1. The summed E-state index contributed by atoms with van der Waals surface area (Å²) in [4.78, 5) is 25.4. The number of benzene rings is 2. The average molecular weight is 475 g/mol. The molecule has 1 amide bonds. The van der Waals surface area contributed by atoms with E-state index in [1.165, 1.54) is 6.07 Å². The molecule has 2 aromatic carbocycles. The number of carbonyl (C=O) groups is 1. The molecule has 0 aliphatic carbocycles. The smallest absolute Gasteiger partial charge is 0.249 e. The van der Waals surface area contributed by atoms with Crippen molar-refractivity contribution >= 4 is 51.5 Å². The molecule has 1 aliphatic rings. The molecule has 0 saturated heterocycles. The largest absolute Gasteiger partial charge is 0.356 e. The van der Waals surface area contributed by atoms with Gasteiger partial charge >= 0.3 is 0 Å². The number of nitrogens with one attached hydrogen (secondary N) is 2. The van der Waals surface area contributed by atoms with E-state index in [0.717, 1.165) is 17.1 Å². The molecule has 0 spiro atoms. The summed E-state index contributed by atoms with van der Waals surface area (Å²) in [6.45, 7) is 6.06. The topological polar surface area (TPSA) is 91.2 Å². The lowest BCUT2D eigenvalue weighted by Crippen LogP contribution is -2.53. The van der Waals surface area contributed by atoms with Crippen molar-refractivity contribution in [2.45, 2.75) is 32.9 Å². The predicted molar refractivity (Wildman–Crippen MR) is 136 cm³/mol. The van der Waals surface area contributed by atoms with Crippen LogP contribution in [-0.2, 0) is 11.8 Å². The van der Waals surface area contributed by atoms with Crippen LogP contribution in [0.4, 0.5) is 39.0 Å². The standard InChI is InChI=1S/C25H27FN8O/c1-14(2)34-15(3)24(35)32(4)18-10-9-16(13-20(18)34)28-25-27-12-11-21(30-25)29-23-22-17(26)7-6-8-19(22)33(5)31-23/h6-15H,1-5H3,(H2,27,28,29,30,31). The fraction of sp³-hybridized carbons (Fsp3) is 0.280. The van der Waals surface area contributed by atoms with Crippen molar-refractivity contribution in [1.82, 2.24) is 19.7 Å². The number of fused-ring (bicyclic) bond motifs is 2. The lowest BCUT2D eigenvalue weighted by atomic mass is 10.0. The highest BCUT2D eigenvalue weighted by Gasteiger charge is 2.35. The number of hydrogen-bond acceptors (Lipinski definition) is 7. The van der Waals surface area contributed by atoms with Gasteiger partial charge in [0, 0.05) is 32.0 Å². The van der Waals surface area contributed by atoms with E-state index in [1.54, 1.807) is 42.0 Å². The second-order valence-corrected chi connectivity index (χ2v) is 8.90. The summed E-state index contributed by atoms with van der Waals surface area (Å²) in [6.07, 6.45) is 1.62. The van der Waals surface area contributed by atoms with Crippen LogP contribution in [0.2, 0.25) is 0 Å². The van der Waals surface area contributed by atoms with E-state index in [4.69, 9.17) is 0 Å². The van der Waals surface area contributed by atoms with Gasteiger partial charge in [-0.2, -0.15) is 10.1 Å². The Morgan fingerprint density at radius 2 is 1.86 bits per heavy atom. The summed E-state index contributed by atoms with van der Waals surface area (Å²) in [5.41, 5.74) is 3.29. The van der Waals surface area contributed by atoms with Gasteiger partial charge in [0.25, 0.3) is 0 Å². The Labute approximate surface area is 202 Å². The fourth-order valence-electron chi connectivity index (χ4n) is 4.64. The number of anilines is 6. The molecule has 0 saturated carbocycles. The molecule has 9 nitrogen and oxygen atoms in total. The van der Waals surface area contributed by atoms with Gasteiger partial charge in [0.2, 0.25) is 11.9 Å². The quantitative estimate of drug-likeness (QED) is 0.438. The van der Waals surface area contributed by atoms with E-state index in [0.29, 0.717) is 28.5 Å². The summed E-state index contributed by atoms with van der Waals surface area (Å²) in [7, 11) is 3.56. The third-order valence-corrected chi connectivity index (χ3v) is 6.26. The number of carbonyl (C=O) groups excluding carboxylic acids is 1. The number of rotatable bonds is 5. The summed E-state index contributed by atoms with van der Waals surface area (Å²) < 4.78 is 16.1. The van der Waals surface area contributed by atoms with Crippen LogP contribution in [0.1, 0.15) is 20.8 Å². The van der Waals surface area contributed by atoms with Crippen molar-refractivity contribution in [2.24, 2.45) is 7.05 Å². The van der Waals surface area contributed by atoms with Gasteiger partial charge in [-0.1, -0.05) is 6.07 Å². The monoisotopic (exact) mass is 474 g/mol. The third-order valence-electron chi connectivity index (χ3n) is 6.26. The van der Waals surface area contributed by atoms with Gasteiger partial charge in [-0.3, -0.25) is 9.48 Å². The van der Waals surface area contributed by atoms with Gasteiger partial charge < -0.3 is 20.4 Å². The van der Waals surface area contributed by atoms with Crippen LogP contribution in [0.15, 0.2) is 48.7 Å². The van der Waals surface area contributed by atoms with Gasteiger partial charge in [-0.15, -0.1) is 0 Å². The Balaban J connectivity index is 1.44. The van der Waals surface area contributed by atoms with E-state index in [-0.39, 0.29) is 23.8 Å². The molecule has 0 bridgehead atoms. The van der Waals surface area contributed by atoms with Crippen molar-refractivity contribution in [2.75, 3.05) is 27.5 Å². The number of halogens is 1. The van der Waals surface area contributed by atoms with Crippen LogP contribution in [-0.4, -0.2) is 44.8 Å². The lowest BCUT2D eigenvalue weighted by Gasteiger charge is -2.42. The molecular formula is C25H27FN8O. The second kappa shape index (κ2) is 8.53.